The van der Waals surface area contributed by atoms with Gasteiger partial charge in [-0.1, -0.05) is 36.4 Å². The average Bonchev–Trinajstić information content (AvgIpc) is 2.90. The fraction of sp³-hybridized carbons (Fsp3) is 0.500. The lowest BCUT2D eigenvalue weighted by Crippen LogP contribution is -2.46. The predicted octanol–water partition coefficient (Wildman–Crippen LogP) is 3.99. The Bertz CT molecular complexity index is 756. The summed E-state index contributed by atoms with van der Waals surface area (Å²) in [7, 11) is 1.71. The van der Waals surface area contributed by atoms with Gasteiger partial charge in [-0.2, -0.15) is 0 Å². The Balaban J connectivity index is 1.33. The molecule has 0 saturated carbocycles. The summed E-state index contributed by atoms with van der Waals surface area (Å²) in [5, 5.41) is 0. The first-order valence-corrected chi connectivity index (χ1v) is 10.5. The number of hydrogen-bond acceptors (Lipinski definition) is 4. The molecule has 28 heavy (non-hydrogen) atoms. The van der Waals surface area contributed by atoms with Crippen LogP contribution >= 0.6 is 0 Å². The molecule has 0 unspecified atom stereocenters. The van der Waals surface area contributed by atoms with E-state index in [4.69, 9.17) is 9.47 Å². The molecule has 0 aliphatic carbocycles. The summed E-state index contributed by atoms with van der Waals surface area (Å²) in [5.41, 5.74) is 2.71. The van der Waals surface area contributed by atoms with Crippen LogP contribution in [-0.4, -0.2) is 55.2 Å². The van der Waals surface area contributed by atoms with Crippen LogP contribution in [0.4, 0.5) is 0 Å². The first-order chi connectivity index (χ1) is 13.7. The van der Waals surface area contributed by atoms with Crippen molar-refractivity contribution in [3.63, 3.8) is 0 Å². The summed E-state index contributed by atoms with van der Waals surface area (Å²) < 4.78 is 11.6. The highest BCUT2D eigenvalue weighted by Crippen LogP contribution is 2.31. The quantitative estimate of drug-likeness (QED) is 0.783. The standard InChI is InChI=1S/C24H32N2O2/c1-19-17-26(18-21-8-9-23(27-2)16-24(21)28-19)22-11-14-25(15-12-22)13-10-20-6-4-3-5-7-20/h3-9,16,19,22H,10-15,17-18H2,1-2H3/t19-/m1/s1. The number of nitrogens with zero attached hydrogens (tertiary/aromatic N) is 2. The smallest absolute Gasteiger partial charge is 0.127 e. The van der Waals surface area contributed by atoms with Gasteiger partial charge in [-0.25, -0.2) is 0 Å². The summed E-state index contributed by atoms with van der Waals surface area (Å²) in [6, 6.07) is 17.7. The lowest BCUT2D eigenvalue weighted by atomic mass is 10.0. The maximum Gasteiger partial charge on any atom is 0.127 e. The third-order valence-electron chi connectivity index (χ3n) is 6.10. The maximum absolute atomic E-state index is 6.20. The molecular weight excluding hydrogens is 348 g/mol. The van der Waals surface area contributed by atoms with Crippen LogP contribution < -0.4 is 9.47 Å². The first-order valence-electron chi connectivity index (χ1n) is 10.5. The monoisotopic (exact) mass is 380 g/mol. The molecule has 1 atom stereocenters. The second-order valence-electron chi connectivity index (χ2n) is 8.14. The van der Waals surface area contributed by atoms with Gasteiger partial charge in [-0.05, 0) is 50.9 Å². The van der Waals surface area contributed by atoms with Gasteiger partial charge in [0, 0.05) is 37.3 Å². The largest absolute Gasteiger partial charge is 0.497 e. The van der Waals surface area contributed by atoms with Gasteiger partial charge in [0.05, 0.1) is 7.11 Å². The molecular formula is C24H32N2O2. The molecule has 0 radical (unpaired) electrons. The third kappa shape index (κ3) is 4.68. The van der Waals surface area contributed by atoms with Crippen molar-refractivity contribution in [2.24, 2.45) is 0 Å². The summed E-state index contributed by atoms with van der Waals surface area (Å²) in [6.45, 7) is 7.69. The van der Waals surface area contributed by atoms with Gasteiger partial charge < -0.3 is 14.4 Å². The molecule has 2 heterocycles. The summed E-state index contributed by atoms with van der Waals surface area (Å²) in [6.07, 6.45) is 3.83. The van der Waals surface area contributed by atoms with Crippen LogP contribution in [0.3, 0.4) is 0 Å². The van der Waals surface area contributed by atoms with Gasteiger partial charge in [0.25, 0.3) is 0 Å². The van der Waals surface area contributed by atoms with E-state index in [0.29, 0.717) is 6.04 Å². The van der Waals surface area contributed by atoms with Crippen molar-refractivity contribution in [1.82, 2.24) is 9.80 Å². The molecule has 1 fully saturated rings. The third-order valence-corrected chi connectivity index (χ3v) is 6.10. The normalized spacial score (nSPS) is 21.6. The van der Waals surface area contributed by atoms with Crippen molar-refractivity contribution in [3.8, 4) is 11.5 Å². The van der Waals surface area contributed by atoms with Gasteiger partial charge in [-0.3, -0.25) is 4.90 Å². The van der Waals surface area contributed by atoms with Crippen molar-refractivity contribution in [2.45, 2.75) is 44.9 Å². The van der Waals surface area contributed by atoms with E-state index in [1.54, 1.807) is 7.11 Å². The Hall–Kier alpha value is -2.04. The van der Waals surface area contributed by atoms with E-state index in [1.165, 1.54) is 43.6 Å². The highest BCUT2D eigenvalue weighted by molar-refractivity contribution is 5.41. The minimum Gasteiger partial charge on any atom is -0.497 e. The number of ether oxygens (including phenoxy) is 2. The van der Waals surface area contributed by atoms with E-state index in [1.807, 2.05) is 12.1 Å². The molecule has 0 aromatic heterocycles. The van der Waals surface area contributed by atoms with Crippen LogP contribution in [0.1, 0.15) is 30.9 Å². The number of likely N-dealkylation sites (tertiary alicyclic amines) is 1. The van der Waals surface area contributed by atoms with Gasteiger partial charge in [-0.15, -0.1) is 0 Å². The summed E-state index contributed by atoms with van der Waals surface area (Å²) >= 11 is 0. The molecule has 4 heteroatoms. The molecule has 4 rings (SSSR count). The van der Waals surface area contributed by atoms with Crippen molar-refractivity contribution in [1.29, 1.82) is 0 Å². The van der Waals surface area contributed by atoms with Crippen LogP contribution in [0, 0.1) is 0 Å². The molecule has 0 spiro atoms. The Labute approximate surface area is 169 Å². The van der Waals surface area contributed by atoms with E-state index in [9.17, 15) is 0 Å². The van der Waals surface area contributed by atoms with Crippen LogP contribution in [0.15, 0.2) is 48.5 Å². The van der Waals surface area contributed by atoms with Crippen LogP contribution in [0.2, 0.25) is 0 Å². The van der Waals surface area contributed by atoms with Crippen LogP contribution in [0.25, 0.3) is 0 Å². The highest BCUT2D eigenvalue weighted by atomic mass is 16.5. The Kier molecular flexibility index (Phi) is 6.18. The first kappa shape index (κ1) is 19.3. The Morgan fingerprint density at radius 2 is 1.86 bits per heavy atom. The molecule has 0 N–H and O–H groups in total. The van der Waals surface area contributed by atoms with E-state index < -0.39 is 0 Å². The minimum atomic E-state index is 0.199. The summed E-state index contributed by atoms with van der Waals surface area (Å²) in [4.78, 5) is 5.26. The molecule has 0 amide bonds. The number of piperidine rings is 1. The average molecular weight is 381 g/mol. The molecule has 150 valence electrons. The second-order valence-corrected chi connectivity index (χ2v) is 8.14. The Morgan fingerprint density at radius 1 is 1.07 bits per heavy atom. The van der Waals surface area contributed by atoms with E-state index >= 15 is 0 Å². The maximum atomic E-state index is 6.20. The lowest BCUT2D eigenvalue weighted by molar-refractivity contribution is 0.0785. The van der Waals surface area contributed by atoms with Crippen LogP contribution in [-0.2, 0) is 13.0 Å². The zero-order chi connectivity index (χ0) is 19.3. The lowest BCUT2D eigenvalue weighted by Gasteiger charge is -2.38. The van der Waals surface area contributed by atoms with E-state index in [2.05, 4.69) is 53.1 Å². The van der Waals surface area contributed by atoms with Crippen molar-refractivity contribution in [3.05, 3.63) is 59.7 Å². The van der Waals surface area contributed by atoms with E-state index in [0.717, 1.165) is 31.0 Å². The summed E-state index contributed by atoms with van der Waals surface area (Å²) in [5.74, 6) is 1.85. The molecule has 2 aromatic rings. The molecule has 2 aromatic carbocycles. The zero-order valence-corrected chi connectivity index (χ0v) is 17.1. The number of rotatable bonds is 5. The molecule has 1 saturated heterocycles. The predicted molar refractivity (Wildman–Crippen MR) is 113 cm³/mol. The molecule has 0 bridgehead atoms. The number of fused-ring (bicyclic) bond motifs is 1. The number of benzene rings is 2. The molecule has 2 aliphatic heterocycles. The fourth-order valence-corrected chi connectivity index (χ4v) is 4.49. The Morgan fingerprint density at radius 3 is 2.61 bits per heavy atom. The second kappa shape index (κ2) is 8.97. The fourth-order valence-electron chi connectivity index (χ4n) is 4.49. The van der Waals surface area contributed by atoms with Gasteiger partial charge in [0.2, 0.25) is 0 Å². The zero-order valence-electron chi connectivity index (χ0n) is 17.1. The van der Waals surface area contributed by atoms with Gasteiger partial charge >= 0.3 is 0 Å². The number of methoxy groups -OCH3 is 1. The van der Waals surface area contributed by atoms with Crippen molar-refractivity contribution in [2.75, 3.05) is 33.3 Å². The SMILES string of the molecule is COc1ccc2c(c1)O[C@H](C)CN(C1CCN(CCc3ccccc3)CC1)C2. The van der Waals surface area contributed by atoms with E-state index in [-0.39, 0.29) is 6.10 Å². The minimum absolute atomic E-state index is 0.199. The topological polar surface area (TPSA) is 24.9 Å². The highest BCUT2D eigenvalue weighted by Gasteiger charge is 2.29. The van der Waals surface area contributed by atoms with Crippen molar-refractivity contribution >= 4 is 0 Å². The van der Waals surface area contributed by atoms with Crippen LogP contribution in [0.5, 0.6) is 11.5 Å². The van der Waals surface area contributed by atoms with Gasteiger partial charge in [0.1, 0.15) is 17.6 Å². The van der Waals surface area contributed by atoms with Crippen molar-refractivity contribution < 1.29 is 9.47 Å². The molecule has 2 aliphatic rings. The molecule has 4 nitrogen and oxygen atoms in total. The number of hydrogen-bond donors (Lipinski definition) is 0. The van der Waals surface area contributed by atoms with Gasteiger partial charge in [0.15, 0.2) is 0 Å².